The first-order valence-electron chi connectivity index (χ1n) is 4.38. The van der Waals surface area contributed by atoms with Crippen molar-refractivity contribution in [1.29, 1.82) is 0 Å². The molecule has 0 aromatic carbocycles. The molecule has 1 saturated heterocycles. The summed E-state index contributed by atoms with van der Waals surface area (Å²) < 4.78 is 10.6. The summed E-state index contributed by atoms with van der Waals surface area (Å²) in [7, 11) is 0. The molecule has 1 aliphatic rings. The summed E-state index contributed by atoms with van der Waals surface area (Å²) in [6, 6.07) is -0.146. The van der Waals surface area contributed by atoms with Crippen LogP contribution in [0.3, 0.4) is 0 Å². The van der Waals surface area contributed by atoms with Crippen LogP contribution < -0.4 is 5.73 Å². The fourth-order valence-corrected chi connectivity index (χ4v) is 1.12. The first kappa shape index (κ1) is 9.92. The Balaban J connectivity index is 1.94. The van der Waals surface area contributed by atoms with E-state index in [-0.39, 0.29) is 18.8 Å². The van der Waals surface area contributed by atoms with Crippen molar-refractivity contribution in [1.82, 2.24) is 0 Å². The van der Waals surface area contributed by atoms with Crippen LogP contribution in [0.1, 0.15) is 12.8 Å². The second kappa shape index (κ2) is 5.48. The van der Waals surface area contributed by atoms with E-state index in [4.69, 9.17) is 20.3 Å². The number of hydrogen-bond donors (Lipinski definition) is 2. The molecule has 0 amide bonds. The second-order valence-electron chi connectivity index (χ2n) is 3.09. The molecule has 1 heterocycles. The van der Waals surface area contributed by atoms with Gasteiger partial charge in [-0.05, 0) is 12.8 Å². The maximum absolute atomic E-state index is 8.62. The molecular formula is C8H17NO3. The Morgan fingerprint density at radius 2 is 2.50 bits per heavy atom. The third-order valence-electron chi connectivity index (χ3n) is 1.96. The molecule has 1 fully saturated rings. The Morgan fingerprint density at radius 1 is 1.67 bits per heavy atom. The van der Waals surface area contributed by atoms with E-state index in [0.717, 1.165) is 13.0 Å². The van der Waals surface area contributed by atoms with E-state index in [1.165, 1.54) is 0 Å². The summed E-state index contributed by atoms with van der Waals surface area (Å²) in [5, 5.41) is 8.62. The van der Waals surface area contributed by atoms with E-state index in [2.05, 4.69) is 0 Å². The van der Waals surface area contributed by atoms with Crippen molar-refractivity contribution >= 4 is 0 Å². The number of aliphatic hydroxyl groups excluding tert-OH is 1. The van der Waals surface area contributed by atoms with Gasteiger partial charge in [-0.1, -0.05) is 0 Å². The summed E-state index contributed by atoms with van der Waals surface area (Å²) in [5.41, 5.74) is 5.50. The van der Waals surface area contributed by atoms with E-state index in [1.807, 2.05) is 0 Å². The largest absolute Gasteiger partial charge is 0.395 e. The highest BCUT2D eigenvalue weighted by molar-refractivity contribution is 4.64. The van der Waals surface area contributed by atoms with Crippen molar-refractivity contribution in [3.63, 3.8) is 0 Å². The second-order valence-corrected chi connectivity index (χ2v) is 3.09. The molecule has 1 aliphatic heterocycles. The van der Waals surface area contributed by atoms with Crippen LogP contribution in [0, 0.1) is 0 Å². The zero-order valence-corrected chi connectivity index (χ0v) is 7.24. The van der Waals surface area contributed by atoms with Crippen LogP contribution >= 0.6 is 0 Å². The predicted molar refractivity (Wildman–Crippen MR) is 44.9 cm³/mol. The van der Waals surface area contributed by atoms with Gasteiger partial charge in [-0.3, -0.25) is 0 Å². The monoisotopic (exact) mass is 175 g/mol. The molecule has 3 N–H and O–H groups in total. The van der Waals surface area contributed by atoms with Gasteiger partial charge >= 0.3 is 0 Å². The number of ether oxygens (including phenoxy) is 2. The molecule has 72 valence electrons. The Bertz CT molecular complexity index is 115. The molecule has 0 aromatic rings. The molecule has 4 nitrogen and oxygen atoms in total. The van der Waals surface area contributed by atoms with Gasteiger partial charge in [-0.2, -0.15) is 0 Å². The van der Waals surface area contributed by atoms with Gasteiger partial charge in [0.2, 0.25) is 0 Å². The van der Waals surface area contributed by atoms with Gasteiger partial charge < -0.3 is 20.3 Å². The molecule has 1 rings (SSSR count). The third kappa shape index (κ3) is 3.49. The third-order valence-corrected chi connectivity index (χ3v) is 1.96. The first-order valence-corrected chi connectivity index (χ1v) is 4.38. The molecule has 2 atom stereocenters. The SMILES string of the molecule is NC(CO)CCOC1CCOC1. The molecule has 0 saturated carbocycles. The normalized spacial score (nSPS) is 26.0. The van der Waals surface area contributed by atoms with Crippen LogP contribution in [-0.4, -0.2) is 43.7 Å². The molecule has 12 heavy (non-hydrogen) atoms. The summed E-state index contributed by atoms with van der Waals surface area (Å²) in [6.45, 7) is 2.16. The molecule has 0 aliphatic carbocycles. The maximum atomic E-state index is 8.62. The average molecular weight is 175 g/mol. The maximum Gasteiger partial charge on any atom is 0.0830 e. The van der Waals surface area contributed by atoms with E-state index in [1.54, 1.807) is 0 Å². The van der Waals surface area contributed by atoms with E-state index < -0.39 is 0 Å². The minimum Gasteiger partial charge on any atom is -0.395 e. The van der Waals surface area contributed by atoms with Crippen molar-refractivity contribution in [2.75, 3.05) is 26.4 Å². The van der Waals surface area contributed by atoms with E-state index in [9.17, 15) is 0 Å². The van der Waals surface area contributed by atoms with Crippen molar-refractivity contribution in [2.24, 2.45) is 5.73 Å². The van der Waals surface area contributed by atoms with Crippen molar-refractivity contribution < 1.29 is 14.6 Å². The minimum absolute atomic E-state index is 0.0323. The number of rotatable bonds is 5. The zero-order valence-electron chi connectivity index (χ0n) is 7.24. The molecular weight excluding hydrogens is 158 g/mol. The number of hydrogen-bond acceptors (Lipinski definition) is 4. The van der Waals surface area contributed by atoms with Crippen molar-refractivity contribution in [3.05, 3.63) is 0 Å². The quantitative estimate of drug-likeness (QED) is 0.591. The Hall–Kier alpha value is -0.160. The van der Waals surface area contributed by atoms with Crippen LogP contribution in [-0.2, 0) is 9.47 Å². The molecule has 0 radical (unpaired) electrons. The predicted octanol–water partition coefficient (Wildman–Crippen LogP) is -0.498. The Kier molecular flexibility index (Phi) is 4.53. The highest BCUT2D eigenvalue weighted by Gasteiger charge is 2.15. The summed E-state index contributed by atoms with van der Waals surface area (Å²) >= 11 is 0. The Morgan fingerprint density at radius 3 is 3.08 bits per heavy atom. The summed E-state index contributed by atoms with van der Waals surface area (Å²) in [5.74, 6) is 0. The standard InChI is InChI=1S/C8H17NO3/c9-7(5-10)1-4-12-8-2-3-11-6-8/h7-8,10H,1-6,9H2. The van der Waals surface area contributed by atoms with Gasteiger partial charge in [0, 0.05) is 19.3 Å². The molecule has 0 spiro atoms. The van der Waals surface area contributed by atoms with Crippen molar-refractivity contribution in [3.8, 4) is 0 Å². The lowest BCUT2D eigenvalue weighted by Gasteiger charge is -2.11. The highest BCUT2D eigenvalue weighted by atomic mass is 16.5. The van der Waals surface area contributed by atoms with Crippen LogP contribution in [0.25, 0.3) is 0 Å². The molecule has 0 bridgehead atoms. The minimum atomic E-state index is -0.146. The Labute approximate surface area is 72.6 Å². The van der Waals surface area contributed by atoms with Crippen LogP contribution in [0.5, 0.6) is 0 Å². The number of nitrogens with two attached hydrogens (primary N) is 1. The zero-order chi connectivity index (χ0) is 8.81. The average Bonchev–Trinajstić information content (AvgIpc) is 2.57. The first-order chi connectivity index (χ1) is 5.83. The molecule has 2 unspecified atom stereocenters. The lowest BCUT2D eigenvalue weighted by molar-refractivity contribution is 0.0368. The van der Waals surface area contributed by atoms with Crippen molar-refractivity contribution in [2.45, 2.75) is 25.0 Å². The summed E-state index contributed by atoms with van der Waals surface area (Å²) in [6.07, 6.45) is 1.94. The van der Waals surface area contributed by atoms with Gasteiger partial charge in [0.25, 0.3) is 0 Å². The lowest BCUT2D eigenvalue weighted by Crippen LogP contribution is -2.27. The van der Waals surface area contributed by atoms with Crippen LogP contribution in [0.15, 0.2) is 0 Å². The topological polar surface area (TPSA) is 64.7 Å². The van der Waals surface area contributed by atoms with Crippen LogP contribution in [0.2, 0.25) is 0 Å². The van der Waals surface area contributed by atoms with Crippen LogP contribution in [0.4, 0.5) is 0 Å². The van der Waals surface area contributed by atoms with Gasteiger partial charge in [0.1, 0.15) is 0 Å². The van der Waals surface area contributed by atoms with Gasteiger partial charge in [-0.15, -0.1) is 0 Å². The smallest absolute Gasteiger partial charge is 0.0830 e. The van der Waals surface area contributed by atoms with E-state index in [0.29, 0.717) is 19.6 Å². The van der Waals surface area contributed by atoms with Gasteiger partial charge in [0.15, 0.2) is 0 Å². The molecule has 0 aromatic heterocycles. The lowest BCUT2D eigenvalue weighted by atomic mass is 10.2. The summed E-state index contributed by atoms with van der Waals surface area (Å²) in [4.78, 5) is 0. The molecule has 4 heteroatoms. The van der Waals surface area contributed by atoms with Gasteiger partial charge in [-0.25, -0.2) is 0 Å². The highest BCUT2D eigenvalue weighted by Crippen LogP contribution is 2.08. The van der Waals surface area contributed by atoms with E-state index >= 15 is 0 Å². The fourth-order valence-electron chi connectivity index (χ4n) is 1.12. The van der Waals surface area contributed by atoms with Gasteiger partial charge in [0.05, 0.1) is 19.3 Å². The fraction of sp³-hybridized carbons (Fsp3) is 1.00. The number of aliphatic hydroxyl groups is 1.